The number of aryl methyl sites for hydroxylation is 2. The predicted molar refractivity (Wildman–Crippen MR) is 139 cm³/mol. The third kappa shape index (κ3) is 4.22. The van der Waals surface area contributed by atoms with Gasteiger partial charge in [-0.05, 0) is 55.7 Å². The number of imidazole rings is 1. The van der Waals surface area contributed by atoms with Crippen LogP contribution in [0, 0.1) is 6.92 Å². The van der Waals surface area contributed by atoms with Gasteiger partial charge in [-0.1, -0.05) is 12.1 Å². The van der Waals surface area contributed by atoms with Crippen LogP contribution < -0.4 is 9.47 Å². The monoisotopic (exact) mass is 493 g/mol. The second-order valence-electron chi connectivity index (χ2n) is 9.06. The molecule has 0 N–H and O–H groups in total. The van der Waals surface area contributed by atoms with Gasteiger partial charge in [0.1, 0.15) is 23.0 Å². The lowest BCUT2D eigenvalue weighted by molar-refractivity contribution is 0.396. The summed E-state index contributed by atoms with van der Waals surface area (Å²) < 4.78 is 15.2. The van der Waals surface area contributed by atoms with Crippen LogP contribution in [0.4, 0.5) is 0 Å². The average Bonchev–Trinajstić information content (AvgIpc) is 3.59. The van der Waals surface area contributed by atoms with Crippen LogP contribution in [0.1, 0.15) is 35.8 Å². The highest BCUT2D eigenvalue weighted by Gasteiger charge is 2.27. The molecule has 0 saturated carbocycles. The first-order valence-electron chi connectivity index (χ1n) is 12.2. The van der Waals surface area contributed by atoms with Gasteiger partial charge < -0.3 is 14.0 Å². The smallest absolute Gasteiger partial charge is 0.238 e. The maximum Gasteiger partial charge on any atom is 0.238 e. The molecule has 6 rings (SSSR count). The van der Waals surface area contributed by atoms with Crippen molar-refractivity contribution in [3.63, 3.8) is 0 Å². The summed E-state index contributed by atoms with van der Waals surface area (Å²) >= 11 is 0. The van der Waals surface area contributed by atoms with Gasteiger partial charge in [-0.2, -0.15) is 0 Å². The molecule has 9 nitrogen and oxygen atoms in total. The van der Waals surface area contributed by atoms with Crippen molar-refractivity contribution in [3.05, 3.63) is 84.5 Å². The number of ether oxygens (including phenoxy) is 2. The standard InChI is InChI=1S/C28H27N7O2/c1-18-16-34(17-30-18)24-10-9-23(31-28(24)37-3)26-32-27-21(7-5-13-35(27)33-26)19-8-11-25(36-2)22(14-19)20-6-4-12-29-15-20/h4,6,8-12,14-17,21H,5,7,13H2,1-3H3. The highest BCUT2D eigenvalue weighted by molar-refractivity contribution is 5.71. The zero-order chi connectivity index (χ0) is 25.4. The Bertz CT molecular complexity index is 1560. The summed E-state index contributed by atoms with van der Waals surface area (Å²) in [4.78, 5) is 18.3. The van der Waals surface area contributed by atoms with Crippen molar-refractivity contribution in [1.29, 1.82) is 0 Å². The summed E-state index contributed by atoms with van der Waals surface area (Å²) in [6.45, 7) is 2.78. The number of hydrogen-bond donors (Lipinski definition) is 0. The fourth-order valence-corrected chi connectivity index (χ4v) is 4.92. The molecule has 0 radical (unpaired) electrons. The summed E-state index contributed by atoms with van der Waals surface area (Å²) in [5.74, 6) is 2.97. The van der Waals surface area contributed by atoms with Gasteiger partial charge in [-0.25, -0.2) is 19.6 Å². The van der Waals surface area contributed by atoms with Crippen molar-refractivity contribution in [3.8, 4) is 40.0 Å². The maximum atomic E-state index is 5.65. The lowest BCUT2D eigenvalue weighted by atomic mass is 9.89. The first kappa shape index (κ1) is 22.9. The third-order valence-corrected chi connectivity index (χ3v) is 6.73. The first-order chi connectivity index (χ1) is 18.1. The molecule has 4 aromatic heterocycles. The predicted octanol–water partition coefficient (Wildman–Crippen LogP) is 4.84. The molecule has 9 heteroatoms. The Morgan fingerprint density at radius 2 is 1.95 bits per heavy atom. The van der Waals surface area contributed by atoms with Crippen molar-refractivity contribution in [2.45, 2.75) is 32.2 Å². The molecule has 37 heavy (non-hydrogen) atoms. The van der Waals surface area contributed by atoms with E-state index in [1.165, 1.54) is 5.56 Å². The molecule has 0 amide bonds. The molecule has 1 aliphatic heterocycles. The molecule has 5 heterocycles. The number of benzene rings is 1. The second kappa shape index (κ2) is 9.50. The van der Waals surface area contributed by atoms with Crippen LogP contribution in [-0.4, -0.2) is 48.5 Å². The third-order valence-electron chi connectivity index (χ3n) is 6.73. The van der Waals surface area contributed by atoms with E-state index in [0.29, 0.717) is 17.4 Å². The van der Waals surface area contributed by atoms with Crippen LogP contribution in [0.15, 0.2) is 67.4 Å². The lowest BCUT2D eigenvalue weighted by Crippen LogP contribution is -2.18. The number of pyridine rings is 2. The molecular formula is C28H27N7O2. The van der Waals surface area contributed by atoms with Gasteiger partial charge in [0.05, 0.1) is 26.2 Å². The summed E-state index contributed by atoms with van der Waals surface area (Å²) in [7, 11) is 3.31. The maximum absolute atomic E-state index is 5.65. The van der Waals surface area contributed by atoms with E-state index in [-0.39, 0.29) is 5.92 Å². The zero-order valence-corrected chi connectivity index (χ0v) is 21.0. The molecule has 5 aromatic rings. The van der Waals surface area contributed by atoms with E-state index in [0.717, 1.165) is 53.5 Å². The molecule has 186 valence electrons. The first-order valence-corrected chi connectivity index (χ1v) is 12.2. The Hall–Kier alpha value is -4.53. The SMILES string of the molecule is COc1ccc(C2CCCn3nc(-c4ccc(-n5cnc(C)c5)c(OC)n4)nc32)cc1-c1cccnc1. The summed E-state index contributed by atoms with van der Waals surface area (Å²) in [5, 5.41) is 4.83. The zero-order valence-electron chi connectivity index (χ0n) is 21.0. The van der Waals surface area contributed by atoms with E-state index in [1.54, 1.807) is 26.7 Å². The van der Waals surface area contributed by atoms with Crippen molar-refractivity contribution < 1.29 is 9.47 Å². The summed E-state index contributed by atoms with van der Waals surface area (Å²) in [6.07, 6.45) is 9.33. The quantitative estimate of drug-likeness (QED) is 0.334. The molecule has 1 unspecified atom stereocenters. The number of aromatic nitrogens is 7. The van der Waals surface area contributed by atoms with Gasteiger partial charge in [0.25, 0.3) is 0 Å². The Morgan fingerprint density at radius 3 is 2.70 bits per heavy atom. The largest absolute Gasteiger partial charge is 0.496 e. The number of rotatable bonds is 6. The average molecular weight is 494 g/mol. The topological polar surface area (TPSA) is 92.8 Å². The minimum absolute atomic E-state index is 0.117. The van der Waals surface area contributed by atoms with Gasteiger partial charge in [0, 0.05) is 42.2 Å². The molecule has 1 aliphatic rings. The second-order valence-corrected chi connectivity index (χ2v) is 9.06. The van der Waals surface area contributed by atoms with Crippen molar-refractivity contribution in [2.75, 3.05) is 14.2 Å². The van der Waals surface area contributed by atoms with Gasteiger partial charge >= 0.3 is 0 Å². The summed E-state index contributed by atoms with van der Waals surface area (Å²) in [6, 6.07) is 14.2. The molecule has 1 aromatic carbocycles. The van der Waals surface area contributed by atoms with E-state index < -0.39 is 0 Å². The van der Waals surface area contributed by atoms with E-state index in [2.05, 4.69) is 22.1 Å². The van der Waals surface area contributed by atoms with Crippen molar-refractivity contribution >= 4 is 0 Å². The van der Waals surface area contributed by atoms with Crippen LogP contribution in [0.25, 0.3) is 28.3 Å². The molecule has 0 spiro atoms. The van der Waals surface area contributed by atoms with E-state index >= 15 is 0 Å². The number of methoxy groups -OCH3 is 2. The highest BCUT2D eigenvalue weighted by atomic mass is 16.5. The highest BCUT2D eigenvalue weighted by Crippen LogP contribution is 2.38. The number of nitrogens with zero attached hydrogens (tertiary/aromatic N) is 7. The minimum Gasteiger partial charge on any atom is -0.496 e. The van der Waals surface area contributed by atoms with Crippen LogP contribution in [0.3, 0.4) is 0 Å². The fourth-order valence-electron chi connectivity index (χ4n) is 4.92. The number of hydrogen-bond acceptors (Lipinski definition) is 7. The van der Waals surface area contributed by atoms with Gasteiger partial charge in [-0.15, -0.1) is 5.10 Å². The van der Waals surface area contributed by atoms with E-state index in [9.17, 15) is 0 Å². The number of fused-ring (bicyclic) bond motifs is 1. The van der Waals surface area contributed by atoms with Crippen molar-refractivity contribution in [1.82, 2.24) is 34.3 Å². The van der Waals surface area contributed by atoms with Crippen LogP contribution in [0.2, 0.25) is 0 Å². The van der Waals surface area contributed by atoms with Crippen molar-refractivity contribution in [2.24, 2.45) is 0 Å². The minimum atomic E-state index is 0.117. The van der Waals surface area contributed by atoms with E-state index in [1.807, 2.05) is 58.9 Å². The molecule has 0 bridgehead atoms. The van der Waals surface area contributed by atoms with Crippen LogP contribution in [0.5, 0.6) is 11.6 Å². The van der Waals surface area contributed by atoms with Crippen LogP contribution in [-0.2, 0) is 6.54 Å². The Labute approximate surface area is 214 Å². The summed E-state index contributed by atoms with van der Waals surface area (Å²) in [5.41, 5.74) is 5.62. The van der Waals surface area contributed by atoms with Gasteiger partial charge in [0.2, 0.25) is 5.88 Å². The molecule has 1 atom stereocenters. The van der Waals surface area contributed by atoms with Gasteiger partial charge in [-0.3, -0.25) is 4.98 Å². The Kier molecular flexibility index (Phi) is 5.88. The lowest BCUT2D eigenvalue weighted by Gasteiger charge is -2.23. The van der Waals surface area contributed by atoms with Crippen LogP contribution >= 0.6 is 0 Å². The molecule has 0 aliphatic carbocycles. The fraction of sp³-hybridized carbons (Fsp3) is 0.250. The van der Waals surface area contributed by atoms with Gasteiger partial charge in [0.15, 0.2) is 5.82 Å². The molecule has 0 saturated heterocycles. The molecular weight excluding hydrogens is 466 g/mol. The Balaban J connectivity index is 1.37. The van der Waals surface area contributed by atoms with E-state index in [4.69, 9.17) is 24.5 Å². The normalized spacial score (nSPS) is 14.8. The Morgan fingerprint density at radius 1 is 1.03 bits per heavy atom. The molecule has 0 fully saturated rings.